The van der Waals surface area contributed by atoms with Crippen molar-refractivity contribution in [2.75, 3.05) is 63.7 Å². The van der Waals surface area contributed by atoms with E-state index in [1.54, 1.807) is 42.5 Å². The first-order chi connectivity index (χ1) is 22.6. The van der Waals surface area contributed by atoms with Crippen LogP contribution >= 0.6 is 0 Å². The number of hydrogen-bond acceptors (Lipinski definition) is 11. The molecule has 4 aromatic rings. The van der Waals surface area contributed by atoms with E-state index in [4.69, 9.17) is 24.5 Å². The maximum Gasteiger partial charge on any atom is 0.249 e. The molecule has 0 radical (unpaired) electrons. The number of pyridine rings is 1. The van der Waals surface area contributed by atoms with E-state index < -0.39 is 0 Å². The number of anilines is 3. The Morgan fingerprint density at radius 1 is 0.870 bits per heavy atom. The summed E-state index contributed by atoms with van der Waals surface area (Å²) in [4.78, 5) is 30.0. The number of rotatable bonds is 19. The highest BCUT2D eigenvalue weighted by molar-refractivity contribution is 5.98. The molecule has 2 heterocycles. The third-order valence-electron chi connectivity index (χ3n) is 6.00. The fourth-order valence-electron chi connectivity index (χ4n) is 3.78. The molecule has 14 nitrogen and oxygen atoms in total. The lowest BCUT2D eigenvalue weighted by molar-refractivity contribution is -0.111. The van der Waals surface area contributed by atoms with Crippen molar-refractivity contribution in [1.29, 1.82) is 0 Å². The van der Waals surface area contributed by atoms with Crippen molar-refractivity contribution in [3.63, 3.8) is 0 Å². The number of ether oxygens (including phenoxy) is 4. The molecule has 4 rings (SSSR count). The highest BCUT2D eigenvalue weighted by Crippen LogP contribution is 2.27. The van der Waals surface area contributed by atoms with Crippen LogP contribution in [0.5, 0.6) is 23.1 Å². The average molecular weight is 626 g/mol. The minimum absolute atomic E-state index is 0.301. The molecule has 46 heavy (non-hydrogen) atoms. The predicted octanol–water partition coefficient (Wildman–Crippen LogP) is 5.97. The second-order valence-electron chi connectivity index (χ2n) is 9.60. The molecule has 0 bridgehead atoms. The summed E-state index contributed by atoms with van der Waals surface area (Å²) in [5.74, 6) is 3.39. The molecule has 2 N–H and O–H groups in total. The van der Waals surface area contributed by atoms with E-state index in [2.05, 4.69) is 35.6 Å². The zero-order chi connectivity index (χ0) is 32.2. The van der Waals surface area contributed by atoms with Crippen LogP contribution in [0.15, 0.2) is 102 Å². The van der Waals surface area contributed by atoms with E-state index in [9.17, 15) is 4.79 Å². The molecular weight excluding hydrogens is 590 g/mol. The van der Waals surface area contributed by atoms with Crippen LogP contribution in [0, 0.1) is 0 Å². The molecule has 0 unspecified atom stereocenters. The number of para-hydroxylation sites is 1. The van der Waals surface area contributed by atoms with Crippen molar-refractivity contribution < 1.29 is 23.7 Å². The van der Waals surface area contributed by atoms with Gasteiger partial charge >= 0.3 is 0 Å². The molecule has 14 heteroatoms. The van der Waals surface area contributed by atoms with Crippen LogP contribution in [0.4, 0.5) is 17.5 Å². The first kappa shape index (κ1) is 33.4. The normalized spacial score (nSPS) is 10.8. The van der Waals surface area contributed by atoms with Crippen molar-refractivity contribution in [3.05, 3.63) is 108 Å². The number of amides is 1. The molecule has 0 aliphatic heterocycles. The van der Waals surface area contributed by atoms with Crippen LogP contribution in [0.3, 0.4) is 0 Å². The molecule has 1 amide bonds. The number of hydrogen-bond donors (Lipinski definition) is 2. The van der Waals surface area contributed by atoms with Gasteiger partial charge in [-0.15, -0.1) is 0 Å². The molecule has 0 atom stereocenters. The Morgan fingerprint density at radius 3 is 2.37 bits per heavy atom. The minimum Gasteiger partial charge on any atom is -0.457 e. The lowest BCUT2D eigenvalue weighted by atomic mass is 10.3. The summed E-state index contributed by atoms with van der Waals surface area (Å²) in [7, 11) is 1.93. The maximum absolute atomic E-state index is 12.4. The van der Waals surface area contributed by atoms with Gasteiger partial charge in [0.2, 0.25) is 11.8 Å². The Bertz CT molecular complexity index is 1580. The van der Waals surface area contributed by atoms with Gasteiger partial charge in [-0.2, -0.15) is 0 Å². The van der Waals surface area contributed by atoms with Crippen LogP contribution in [-0.2, 0) is 14.3 Å². The first-order valence-electron chi connectivity index (χ1n) is 14.5. The molecule has 0 aliphatic rings. The number of benzene rings is 2. The highest BCUT2D eigenvalue weighted by Gasteiger charge is 2.06. The quantitative estimate of drug-likeness (QED) is 0.0416. The summed E-state index contributed by atoms with van der Waals surface area (Å²) in [5, 5.41) is 9.26. The Hall–Kier alpha value is -5.53. The van der Waals surface area contributed by atoms with Crippen LogP contribution in [0.2, 0.25) is 0 Å². The average Bonchev–Trinajstić information content (AvgIpc) is 3.06. The summed E-state index contributed by atoms with van der Waals surface area (Å²) in [6, 6.07) is 23.6. The van der Waals surface area contributed by atoms with Crippen LogP contribution < -0.4 is 20.1 Å². The first-order valence-corrected chi connectivity index (χ1v) is 14.5. The second-order valence-corrected chi connectivity index (χ2v) is 9.60. The molecule has 0 spiro atoms. The van der Waals surface area contributed by atoms with E-state index in [1.165, 1.54) is 12.4 Å². The fourth-order valence-corrected chi connectivity index (χ4v) is 3.78. The van der Waals surface area contributed by atoms with Gasteiger partial charge in [-0.25, -0.2) is 15.0 Å². The summed E-state index contributed by atoms with van der Waals surface area (Å²) in [5.41, 5.74) is 8.21. The zero-order valence-corrected chi connectivity index (χ0v) is 25.4. The van der Waals surface area contributed by atoms with Crippen LogP contribution in [0.25, 0.3) is 10.4 Å². The van der Waals surface area contributed by atoms with Gasteiger partial charge in [0.15, 0.2) is 0 Å². The smallest absolute Gasteiger partial charge is 0.249 e. The number of nitrogens with one attached hydrogen (secondary N) is 2. The van der Waals surface area contributed by atoms with Crippen molar-refractivity contribution in [1.82, 2.24) is 19.9 Å². The van der Waals surface area contributed by atoms with E-state index in [0.717, 1.165) is 5.75 Å². The summed E-state index contributed by atoms with van der Waals surface area (Å²) >= 11 is 0. The number of nitrogens with zero attached hydrogens (tertiary/aromatic N) is 7. The summed E-state index contributed by atoms with van der Waals surface area (Å²) in [6.45, 7) is 3.35. The number of aromatic nitrogens is 3. The van der Waals surface area contributed by atoms with Gasteiger partial charge in [-0.3, -0.25) is 4.79 Å². The van der Waals surface area contributed by atoms with Gasteiger partial charge in [0.1, 0.15) is 41.0 Å². The Morgan fingerprint density at radius 2 is 1.59 bits per heavy atom. The molecule has 2 aromatic carbocycles. The topological polar surface area (TPSA) is 169 Å². The van der Waals surface area contributed by atoms with Crippen LogP contribution in [-0.4, -0.2) is 78.9 Å². The third-order valence-corrected chi connectivity index (χ3v) is 6.00. The largest absolute Gasteiger partial charge is 0.457 e. The molecule has 0 aliphatic carbocycles. The molecule has 0 saturated carbocycles. The monoisotopic (exact) mass is 625 g/mol. The van der Waals surface area contributed by atoms with Crippen molar-refractivity contribution >= 4 is 23.4 Å². The van der Waals surface area contributed by atoms with E-state index in [-0.39, 0.29) is 5.91 Å². The summed E-state index contributed by atoms with van der Waals surface area (Å²) in [6.07, 6.45) is 4.61. The van der Waals surface area contributed by atoms with Crippen molar-refractivity contribution in [2.24, 2.45) is 5.11 Å². The van der Waals surface area contributed by atoms with Crippen LogP contribution in [0.1, 0.15) is 0 Å². The predicted molar refractivity (Wildman–Crippen MR) is 174 cm³/mol. The van der Waals surface area contributed by atoms with Gasteiger partial charge in [0, 0.05) is 36.7 Å². The lowest BCUT2D eigenvalue weighted by Gasteiger charge is -2.14. The highest BCUT2D eigenvalue weighted by atomic mass is 16.5. The Labute approximate surface area is 266 Å². The SMILES string of the molecule is CN(C/C=C/C(=O)Nc1cccc(Nc2cc(Oc3ccc(Oc4ccccc4)cc3)ncn2)n1)CCOCCOCCN=[N+]=[N-]. The molecular formula is C32H35N9O5. The third kappa shape index (κ3) is 12.6. The molecule has 0 fully saturated rings. The number of carbonyl (C=O) groups excluding carboxylic acids is 1. The van der Waals surface area contributed by atoms with E-state index in [1.807, 2.05) is 54.4 Å². The zero-order valence-electron chi connectivity index (χ0n) is 25.4. The van der Waals surface area contributed by atoms with Gasteiger partial charge in [0.25, 0.3) is 0 Å². The standard InChI is InChI=1S/C32H35N9O5/c1-41(18-20-44-22-21-43-19-16-36-40-33)17-6-11-31(42)39-29-10-5-9-28(37-29)38-30-23-32(35-24-34-30)46-27-14-12-26(13-15-27)45-25-7-3-2-4-8-25/h2-15,23-24H,16-22H2,1H3,(H2,34,35,37,38,39,42)/b11-6+. The Balaban J connectivity index is 1.18. The number of likely N-dealkylation sites (N-methyl/N-ethyl adjacent to an activating group) is 1. The van der Waals surface area contributed by atoms with E-state index >= 15 is 0 Å². The van der Waals surface area contributed by atoms with E-state index in [0.29, 0.717) is 80.9 Å². The van der Waals surface area contributed by atoms with Gasteiger partial charge in [0.05, 0.1) is 26.4 Å². The molecule has 238 valence electrons. The number of azide groups is 1. The van der Waals surface area contributed by atoms with Crippen molar-refractivity contribution in [3.8, 4) is 23.1 Å². The molecule has 2 aromatic heterocycles. The fraction of sp³-hybridized carbons (Fsp3) is 0.250. The van der Waals surface area contributed by atoms with Crippen molar-refractivity contribution in [2.45, 2.75) is 0 Å². The Kier molecular flexibility index (Phi) is 13.8. The lowest BCUT2D eigenvalue weighted by Crippen LogP contribution is -2.24. The summed E-state index contributed by atoms with van der Waals surface area (Å²) < 4.78 is 22.5. The second kappa shape index (κ2) is 19.0. The maximum atomic E-state index is 12.4. The van der Waals surface area contributed by atoms with Gasteiger partial charge < -0.3 is 34.5 Å². The minimum atomic E-state index is -0.301. The van der Waals surface area contributed by atoms with Gasteiger partial charge in [-0.1, -0.05) is 35.5 Å². The number of carbonyl (C=O) groups is 1. The van der Waals surface area contributed by atoms with Gasteiger partial charge in [-0.05, 0) is 61.1 Å². The molecule has 0 saturated heterocycles.